The number of aromatic nitrogens is 1. The molecule has 326 valence electrons. The third kappa shape index (κ3) is 5.77. The standard InChI is InChI=1S/C68H49N/c1-67(2)59-24-14-12-18-49(59)51-34-28-46(40-61(51)67)44-30-36-63-57(38-44)58-39-45(47-29-35-52-50-19-13-15-25-60(50)68(3,4)62(52)41-47)31-37-64(58)69(63)48-32-26-43(27-33-48)66-55-22-10-8-20-53(55)65(42-16-6-5-7-17-42)54-21-9-11-23-56(54)66/h5-41H,1-4H3. The van der Waals surface area contributed by atoms with Crippen LogP contribution in [0, 0.1) is 0 Å². The van der Waals surface area contributed by atoms with Gasteiger partial charge in [0.25, 0.3) is 0 Å². The van der Waals surface area contributed by atoms with E-state index in [2.05, 4.69) is 257 Å². The Morgan fingerprint density at radius 3 is 1.07 bits per heavy atom. The van der Waals surface area contributed by atoms with E-state index in [-0.39, 0.29) is 10.8 Å². The molecule has 0 aliphatic heterocycles. The Bertz CT molecular complexity index is 3880. The molecule has 0 atom stereocenters. The SMILES string of the molecule is CC1(C)c2ccccc2-c2ccc(-c3ccc4c(c3)c3cc(-c5ccc6c(c5)C(C)(C)c5ccccc5-6)ccc3n4-c3ccc(-c4c5ccccc5c(-c5ccccc5)c5ccccc45)cc3)cc21. The van der Waals surface area contributed by atoms with Crippen LogP contribution in [0.1, 0.15) is 49.9 Å². The molecule has 0 saturated heterocycles. The van der Waals surface area contributed by atoms with Crippen LogP contribution < -0.4 is 0 Å². The largest absolute Gasteiger partial charge is 0.309 e. The smallest absolute Gasteiger partial charge is 0.0541 e. The summed E-state index contributed by atoms with van der Waals surface area (Å²) in [7, 11) is 0. The van der Waals surface area contributed by atoms with Crippen LogP contribution in [-0.4, -0.2) is 4.57 Å². The third-order valence-corrected chi connectivity index (χ3v) is 16.0. The molecule has 0 unspecified atom stereocenters. The minimum atomic E-state index is -0.0720. The van der Waals surface area contributed by atoms with E-state index in [9.17, 15) is 0 Å². The summed E-state index contributed by atoms with van der Waals surface area (Å²) < 4.78 is 2.47. The van der Waals surface area contributed by atoms with Crippen LogP contribution in [0.5, 0.6) is 0 Å². The topological polar surface area (TPSA) is 4.93 Å². The molecule has 0 fully saturated rings. The van der Waals surface area contributed by atoms with Crippen molar-refractivity contribution in [2.24, 2.45) is 0 Å². The molecule has 1 heteroatoms. The molecular formula is C68H49N. The van der Waals surface area contributed by atoms with Crippen LogP contribution in [0.2, 0.25) is 0 Å². The van der Waals surface area contributed by atoms with E-state index in [0.29, 0.717) is 0 Å². The number of benzene rings is 11. The van der Waals surface area contributed by atoms with Crippen molar-refractivity contribution in [3.8, 4) is 72.4 Å². The van der Waals surface area contributed by atoms with E-state index < -0.39 is 0 Å². The summed E-state index contributed by atoms with van der Waals surface area (Å²) in [5, 5.41) is 7.55. The molecule has 2 aliphatic rings. The van der Waals surface area contributed by atoms with Gasteiger partial charge in [0, 0.05) is 27.3 Å². The van der Waals surface area contributed by atoms with Crippen molar-refractivity contribution in [1.29, 1.82) is 0 Å². The second-order valence-corrected chi connectivity index (χ2v) is 20.4. The van der Waals surface area contributed by atoms with Crippen molar-refractivity contribution in [3.05, 3.63) is 247 Å². The fraction of sp³-hybridized carbons (Fsp3) is 0.0882. The summed E-state index contributed by atoms with van der Waals surface area (Å²) in [5.74, 6) is 0. The Morgan fingerprint density at radius 2 is 0.609 bits per heavy atom. The highest BCUT2D eigenvalue weighted by Gasteiger charge is 2.36. The first-order valence-electron chi connectivity index (χ1n) is 24.4. The van der Waals surface area contributed by atoms with Crippen LogP contribution in [0.3, 0.4) is 0 Å². The minimum absolute atomic E-state index is 0.0720. The van der Waals surface area contributed by atoms with Crippen LogP contribution in [0.25, 0.3) is 116 Å². The molecule has 0 amide bonds. The molecule has 0 bridgehead atoms. The van der Waals surface area contributed by atoms with Gasteiger partial charge in [-0.25, -0.2) is 0 Å². The molecule has 12 aromatic rings. The first-order valence-corrected chi connectivity index (χ1v) is 24.4. The lowest BCUT2D eigenvalue weighted by Gasteiger charge is -2.22. The van der Waals surface area contributed by atoms with Crippen LogP contribution in [-0.2, 0) is 10.8 Å². The summed E-state index contributed by atoms with van der Waals surface area (Å²) >= 11 is 0. The van der Waals surface area contributed by atoms with Gasteiger partial charge in [0.1, 0.15) is 0 Å². The average Bonchev–Trinajstić information content (AvgIpc) is 3.93. The van der Waals surface area contributed by atoms with Gasteiger partial charge in [-0.05, 0) is 159 Å². The highest BCUT2D eigenvalue weighted by molar-refractivity contribution is 6.21. The van der Waals surface area contributed by atoms with Gasteiger partial charge < -0.3 is 4.57 Å². The third-order valence-electron chi connectivity index (χ3n) is 16.0. The van der Waals surface area contributed by atoms with Gasteiger partial charge in [0.2, 0.25) is 0 Å². The molecule has 1 heterocycles. The second kappa shape index (κ2) is 14.6. The highest BCUT2D eigenvalue weighted by Crippen LogP contribution is 2.52. The zero-order valence-corrected chi connectivity index (χ0v) is 39.3. The number of rotatable bonds is 5. The first-order chi connectivity index (χ1) is 33.7. The van der Waals surface area contributed by atoms with Crippen molar-refractivity contribution in [3.63, 3.8) is 0 Å². The van der Waals surface area contributed by atoms with Crippen molar-refractivity contribution in [1.82, 2.24) is 4.57 Å². The number of fused-ring (bicyclic) bond motifs is 11. The molecule has 0 saturated carbocycles. The summed E-state index contributed by atoms with van der Waals surface area (Å²) in [6, 6.07) is 84.3. The van der Waals surface area contributed by atoms with E-state index in [0.717, 1.165) is 5.69 Å². The number of hydrogen-bond donors (Lipinski definition) is 0. The molecule has 0 radical (unpaired) electrons. The zero-order valence-electron chi connectivity index (χ0n) is 39.3. The maximum Gasteiger partial charge on any atom is 0.0541 e. The lowest BCUT2D eigenvalue weighted by atomic mass is 9.81. The van der Waals surface area contributed by atoms with Gasteiger partial charge in [-0.1, -0.05) is 204 Å². The summed E-state index contributed by atoms with van der Waals surface area (Å²) in [4.78, 5) is 0. The minimum Gasteiger partial charge on any atom is -0.309 e. The molecule has 2 aliphatic carbocycles. The summed E-state index contributed by atoms with van der Waals surface area (Å²) in [6.07, 6.45) is 0. The summed E-state index contributed by atoms with van der Waals surface area (Å²) in [5.41, 5.74) is 24.3. The average molecular weight is 880 g/mol. The van der Waals surface area contributed by atoms with Crippen molar-refractivity contribution >= 4 is 43.4 Å². The second-order valence-electron chi connectivity index (χ2n) is 20.4. The van der Waals surface area contributed by atoms with Crippen molar-refractivity contribution in [2.45, 2.75) is 38.5 Å². The Kier molecular flexibility index (Phi) is 8.45. The first kappa shape index (κ1) is 39.9. The Balaban J connectivity index is 0.940. The van der Waals surface area contributed by atoms with Crippen LogP contribution in [0.4, 0.5) is 0 Å². The highest BCUT2D eigenvalue weighted by atomic mass is 15.0. The predicted octanol–water partition coefficient (Wildman–Crippen LogP) is 18.4. The normalized spacial score (nSPS) is 14.0. The van der Waals surface area contributed by atoms with E-state index in [1.165, 1.54) is 132 Å². The van der Waals surface area contributed by atoms with Gasteiger partial charge in [-0.15, -0.1) is 0 Å². The predicted molar refractivity (Wildman–Crippen MR) is 293 cm³/mol. The van der Waals surface area contributed by atoms with Crippen molar-refractivity contribution in [2.75, 3.05) is 0 Å². The monoisotopic (exact) mass is 879 g/mol. The van der Waals surface area contributed by atoms with E-state index in [1.54, 1.807) is 0 Å². The molecule has 11 aromatic carbocycles. The van der Waals surface area contributed by atoms with Gasteiger partial charge in [-0.3, -0.25) is 0 Å². The van der Waals surface area contributed by atoms with Gasteiger partial charge in [-0.2, -0.15) is 0 Å². The van der Waals surface area contributed by atoms with E-state index in [4.69, 9.17) is 0 Å². The fourth-order valence-electron chi connectivity index (χ4n) is 12.6. The molecule has 1 nitrogen and oxygen atoms in total. The van der Waals surface area contributed by atoms with Crippen LogP contribution >= 0.6 is 0 Å². The lowest BCUT2D eigenvalue weighted by Crippen LogP contribution is -2.14. The maximum absolute atomic E-state index is 2.47. The molecule has 0 N–H and O–H groups in total. The molecule has 0 spiro atoms. The molecular weight excluding hydrogens is 831 g/mol. The van der Waals surface area contributed by atoms with Gasteiger partial charge in [0.05, 0.1) is 11.0 Å². The zero-order chi connectivity index (χ0) is 46.2. The van der Waals surface area contributed by atoms with Gasteiger partial charge >= 0.3 is 0 Å². The number of hydrogen-bond acceptors (Lipinski definition) is 0. The van der Waals surface area contributed by atoms with Crippen molar-refractivity contribution < 1.29 is 0 Å². The van der Waals surface area contributed by atoms with E-state index >= 15 is 0 Å². The Morgan fingerprint density at radius 1 is 0.261 bits per heavy atom. The summed E-state index contributed by atoms with van der Waals surface area (Å²) in [6.45, 7) is 9.48. The van der Waals surface area contributed by atoms with Crippen LogP contribution in [0.15, 0.2) is 224 Å². The maximum atomic E-state index is 2.47. The quantitative estimate of drug-likeness (QED) is 0.152. The molecule has 69 heavy (non-hydrogen) atoms. The fourth-order valence-corrected chi connectivity index (χ4v) is 12.6. The Labute approximate surface area is 403 Å². The lowest BCUT2D eigenvalue weighted by molar-refractivity contribution is 0.660. The molecule has 1 aromatic heterocycles. The van der Waals surface area contributed by atoms with E-state index in [1.807, 2.05) is 0 Å². The molecule has 14 rings (SSSR count). The number of nitrogens with zero attached hydrogens (tertiary/aromatic N) is 1. The Hall–Kier alpha value is -8.26. The van der Waals surface area contributed by atoms with Gasteiger partial charge in [0.15, 0.2) is 0 Å².